The Balaban J connectivity index is 2.02. The monoisotopic (exact) mass is 369 g/mol. The topological polar surface area (TPSA) is 55.8 Å². The summed E-state index contributed by atoms with van der Waals surface area (Å²) in [5, 5.41) is 0. The molecule has 0 spiro atoms. The van der Waals surface area contributed by atoms with Crippen molar-refractivity contribution in [3.8, 4) is 5.75 Å². The van der Waals surface area contributed by atoms with E-state index < -0.39 is 0 Å². The summed E-state index contributed by atoms with van der Waals surface area (Å²) in [6, 6.07) is 17.0. The molecule has 0 heterocycles. The largest absolute Gasteiger partial charge is 0.489 e. The van der Waals surface area contributed by atoms with Gasteiger partial charge in [0, 0.05) is 18.2 Å². The third-order valence-corrected chi connectivity index (χ3v) is 4.31. The van der Waals surface area contributed by atoms with Crippen LogP contribution in [0.4, 0.5) is 0 Å². The van der Waals surface area contributed by atoms with Crippen molar-refractivity contribution in [2.75, 3.05) is 13.7 Å². The molecule has 0 aliphatic carbocycles. The van der Waals surface area contributed by atoms with Crippen molar-refractivity contribution in [3.63, 3.8) is 0 Å². The maximum absolute atomic E-state index is 12.9. The smallest absolute Gasteiger partial charge is 0.310 e. The molecule has 1 amide bonds. The molecular formula is C22H27NO4. The number of carbonyl (C=O) groups is 2. The van der Waals surface area contributed by atoms with Gasteiger partial charge in [0.2, 0.25) is 0 Å². The molecule has 144 valence electrons. The highest BCUT2D eigenvalue weighted by atomic mass is 16.5. The van der Waals surface area contributed by atoms with Gasteiger partial charge in [0.05, 0.1) is 13.0 Å². The summed E-state index contributed by atoms with van der Waals surface area (Å²) in [6.45, 7) is 6.41. The first-order valence-electron chi connectivity index (χ1n) is 9.08. The minimum atomic E-state index is -0.380. The zero-order valence-corrected chi connectivity index (χ0v) is 16.3. The van der Waals surface area contributed by atoms with Gasteiger partial charge in [0.15, 0.2) is 0 Å². The number of hydrogen-bond donors (Lipinski definition) is 0. The molecule has 27 heavy (non-hydrogen) atoms. The van der Waals surface area contributed by atoms with Gasteiger partial charge in [-0.25, -0.2) is 0 Å². The van der Waals surface area contributed by atoms with Crippen LogP contribution in [-0.2, 0) is 16.1 Å². The van der Waals surface area contributed by atoms with E-state index >= 15 is 0 Å². The summed E-state index contributed by atoms with van der Waals surface area (Å²) in [5.74, 6) is -0.113. The second-order valence-corrected chi connectivity index (χ2v) is 6.77. The van der Waals surface area contributed by atoms with Gasteiger partial charge in [-0.05, 0) is 43.7 Å². The first kappa shape index (κ1) is 20.5. The molecule has 2 aromatic carbocycles. The lowest BCUT2D eigenvalue weighted by Gasteiger charge is -2.29. The summed E-state index contributed by atoms with van der Waals surface area (Å²) < 4.78 is 10.5. The van der Waals surface area contributed by atoms with E-state index in [1.54, 1.807) is 36.1 Å². The molecule has 0 N–H and O–H groups in total. The van der Waals surface area contributed by atoms with E-state index in [0.29, 0.717) is 24.5 Å². The van der Waals surface area contributed by atoms with Gasteiger partial charge in [-0.15, -0.1) is 0 Å². The molecule has 0 bridgehead atoms. The van der Waals surface area contributed by atoms with E-state index in [2.05, 4.69) is 0 Å². The highest BCUT2D eigenvalue weighted by molar-refractivity contribution is 5.94. The van der Waals surface area contributed by atoms with Crippen LogP contribution in [0.3, 0.4) is 0 Å². The third-order valence-electron chi connectivity index (χ3n) is 4.31. The Bertz CT molecular complexity index is 741. The van der Waals surface area contributed by atoms with Crippen molar-refractivity contribution < 1.29 is 19.1 Å². The van der Waals surface area contributed by atoms with Crippen molar-refractivity contribution >= 4 is 11.9 Å². The number of nitrogens with zero attached hydrogens (tertiary/aromatic N) is 1. The van der Waals surface area contributed by atoms with Gasteiger partial charge >= 0.3 is 5.97 Å². The molecule has 0 radical (unpaired) electrons. The van der Waals surface area contributed by atoms with Crippen molar-refractivity contribution in [1.82, 2.24) is 4.90 Å². The van der Waals surface area contributed by atoms with Gasteiger partial charge in [0.1, 0.15) is 12.4 Å². The predicted molar refractivity (Wildman–Crippen MR) is 105 cm³/mol. The number of esters is 1. The summed E-state index contributed by atoms with van der Waals surface area (Å²) in [4.78, 5) is 26.2. The van der Waals surface area contributed by atoms with Crippen LogP contribution >= 0.6 is 0 Å². The Hall–Kier alpha value is -2.82. The number of amides is 1. The van der Waals surface area contributed by atoms with E-state index in [-0.39, 0.29) is 23.8 Å². The van der Waals surface area contributed by atoms with Crippen molar-refractivity contribution in [3.05, 3.63) is 65.7 Å². The molecule has 1 atom stereocenters. The summed E-state index contributed by atoms with van der Waals surface area (Å²) in [5.41, 5.74) is 1.65. The lowest BCUT2D eigenvalue weighted by molar-refractivity contribution is -0.145. The van der Waals surface area contributed by atoms with Crippen LogP contribution in [0, 0.1) is 5.92 Å². The van der Waals surface area contributed by atoms with Crippen LogP contribution < -0.4 is 4.74 Å². The average molecular weight is 369 g/mol. The zero-order valence-electron chi connectivity index (χ0n) is 16.3. The van der Waals surface area contributed by atoms with Crippen molar-refractivity contribution in [2.45, 2.75) is 33.4 Å². The van der Waals surface area contributed by atoms with E-state index in [0.717, 1.165) is 5.56 Å². The molecule has 5 nitrogen and oxygen atoms in total. The van der Waals surface area contributed by atoms with E-state index in [4.69, 9.17) is 9.47 Å². The number of benzene rings is 2. The summed E-state index contributed by atoms with van der Waals surface area (Å²) >= 11 is 0. The van der Waals surface area contributed by atoms with Gasteiger partial charge in [-0.3, -0.25) is 9.59 Å². The maximum Gasteiger partial charge on any atom is 0.310 e. The normalized spacial score (nSPS) is 11.7. The fraction of sp³-hybridized carbons (Fsp3) is 0.364. The maximum atomic E-state index is 12.9. The Morgan fingerprint density at radius 3 is 2.15 bits per heavy atom. The zero-order chi connectivity index (χ0) is 19.8. The van der Waals surface area contributed by atoms with Gasteiger partial charge in [-0.2, -0.15) is 0 Å². The first-order valence-corrected chi connectivity index (χ1v) is 9.08. The highest BCUT2D eigenvalue weighted by Gasteiger charge is 2.24. The van der Waals surface area contributed by atoms with Crippen LogP contribution in [-0.4, -0.2) is 36.5 Å². The summed E-state index contributed by atoms with van der Waals surface area (Å²) in [7, 11) is 1.36. The lowest BCUT2D eigenvalue weighted by atomic mass is 10.1. The Kier molecular flexibility index (Phi) is 7.41. The third kappa shape index (κ3) is 5.84. The van der Waals surface area contributed by atoms with Crippen LogP contribution in [0.25, 0.3) is 0 Å². The van der Waals surface area contributed by atoms with Crippen LogP contribution in [0.1, 0.15) is 36.7 Å². The first-order chi connectivity index (χ1) is 12.9. The number of ether oxygens (including phenoxy) is 2. The van der Waals surface area contributed by atoms with Crippen LogP contribution in [0.5, 0.6) is 5.75 Å². The number of hydrogen-bond acceptors (Lipinski definition) is 4. The number of rotatable bonds is 8. The fourth-order valence-corrected chi connectivity index (χ4v) is 2.70. The lowest BCUT2D eigenvalue weighted by Crippen LogP contribution is -2.41. The molecule has 0 fully saturated rings. The molecule has 0 aliphatic heterocycles. The van der Waals surface area contributed by atoms with E-state index in [9.17, 15) is 9.59 Å². The quantitative estimate of drug-likeness (QED) is 0.662. The summed E-state index contributed by atoms with van der Waals surface area (Å²) in [6.07, 6.45) is 0. The molecule has 0 saturated heterocycles. The van der Waals surface area contributed by atoms with E-state index in [1.807, 2.05) is 44.2 Å². The Morgan fingerprint density at radius 1 is 0.963 bits per heavy atom. The number of carbonyl (C=O) groups excluding carboxylic acids is 2. The van der Waals surface area contributed by atoms with E-state index in [1.165, 1.54) is 7.11 Å². The molecule has 0 aliphatic rings. The van der Waals surface area contributed by atoms with Gasteiger partial charge in [0.25, 0.3) is 5.91 Å². The van der Waals surface area contributed by atoms with Gasteiger partial charge in [-0.1, -0.05) is 37.3 Å². The highest BCUT2D eigenvalue weighted by Crippen LogP contribution is 2.17. The predicted octanol–water partition coefficient (Wildman–Crippen LogP) is 3.93. The molecular weight excluding hydrogens is 342 g/mol. The molecule has 2 aromatic rings. The molecule has 0 aromatic heterocycles. The Labute approximate surface area is 160 Å². The van der Waals surface area contributed by atoms with Crippen molar-refractivity contribution in [2.24, 2.45) is 5.92 Å². The minimum Gasteiger partial charge on any atom is -0.489 e. The van der Waals surface area contributed by atoms with Gasteiger partial charge < -0.3 is 14.4 Å². The minimum absolute atomic E-state index is 0.0291. The Morgan fingerprint density at radius 2 is 1.59 bits per heavy atom. The van der Waals surface area contributed by atoms with Crippen molar-refractivity contribution in [1.29, 1.82) is 0 Å². The standard InChI is InChI=1S/C22H27NO4/c1-16(2)23(14-17(3)22(25)26-4)21(24)19-10-12-20(13-11-19)27-15-18-8-6-5-7-9-18/h5-13,16-17H,14-15H2,1-4H3. The molecule has 0 saturated carbocycles. The SMILES string of the molecule is COC(=O)C(C)CN(C(=O)c1ccc(OCc2ccccc2)cc1)C(C)C. The average Bonchev–Trinajstić information content (AvgIpc) is 2.70. The molecule has 5 heteroatoms. The molecule has 2 rings (SSSR count). The molecule has 1 unspecified atom stereocenters. The number of methoxy groups -OCH3 is 1. The van der Waals surface area contributed by atoms with Crippen LogP contribution in [0.2, 0.25) is 0 Å². The second kappa shape index (κ2) is 9.76. The van der Waals surface area contributed by atoms with Crippen LogP contribution in [0.15, 0.2) is 54.6 Å². The second-order valence-electron chi connectivity index (χ2n) is 6.77. The fourth-order valence-electron chi connectivity index (χ4n) is 2.70.